The third kappa shape index (κ3) is 5.04. The van der Waals surface area contributed by atoms with Crippen LogP contribution in [-0.2, 0) is 17.8 Å². The highest BCUT2D eigenvalue weighted by Crippen LogP contribution is 2.40. The fourth-order valence-electron chi connectivity index (χ4n) is 6.31. The van der Waals surface area contributed by atoms with Crippen LogP contribution in [0.1, 0.15) is 65.5 Å². The first-order valence-electron chi connectivity index (χ1n) is 13.4. The molecule has 1 saturated heterocycles. The molecule has 1 saturated carbocycles. The van der Waals surface area contributed by atoms with Crippen LogP contribution in [0.15, 0.2) is 39.5 Å². The van der Waals surface area contributed by atoms with Gasteiger partial charge in [-0.05, 0) is 70.2 Å². The predicted octanol–water partition coefficient (Wildman–Crippen LogP) is 5.30. The number of rotatable bonds is 5. The molecule has 6 nitrogen and oxygen atoms in total. The highest BCUT2D eigenvalue weighted by molar-refractivity contribution is 5.87. The van der Waals surface area contributed by atoms with E-state index < -0.39 is 11.2 Å². The van der Waals surface area contributed by atoms with Crippen molar-refractivity contribution in [2.45, 2.75) is 78.4 Å². The van der Waals surface area contributed by atoms with E-state index in [0.717, 1.165) is 47.8 Å². The molecular formula is C31H37NO5. The van der Waals surface area contributed by atoms with Gasteiger partial charge in [-0.25, -0.2) is 4.79 Å². The second-order valence-electron chi connectivity index (χ2n) is 11.2. The fourth-order valence-corrected chi connectivity index (χ4v) is 6.31. The maximum atomic E-state index is 13.2. The van der Waals surface area contributed by atoms with Gasteiger partial charge in [0.1, 0.15) is 17.9 Å². The SMILES string of the molecule is Cc1cc(C)cc(COc2ccc3c(C)c(CC(=O)N4CC[C@]5(O)CCCC[C@@H]5C4)c(=O)oc3c2C)c1. The zero-order valence-electron chi connectivity index (χ0n) is 22.4. The van der Waals surface area contributed by atoms with Gasteiger partial charge in [-0.15, -0.1) is 0 Å². The molecular weight excluding hydrogens is 466 g/mol. The minimum absolute atomic E-state index is 0.0132. The number of benzene rings is 2. The lowest BCUT2D eigenvalue weighted by atomic mass is 9.71. The first-order valence-corrected chi connectivity index (χ1v) is 13.4. The summed E-state index contributed by atoms with van der Waals surface area (Å²) in [6.07, 6.45) is 4.54. The molecule has 2 aromatic carbocycles. The monoisotopic (exact) mass is 503 g/mol. The molecule has 2 fully saturated rings. The first kappa shape index (κ1) is 25.5. The summed E-state index contributed by atoms with van der Waals surface area (Å²) in [5.41, 5.74) is 4.82. The molecule has 196 valence electrons. The molecule has 3 aromatic rings. The third-order valence-corrected chi connectivity index (χ3v) is 8.44. The lowest BCUT2D eigenvalue weighted by Gasteiger charge is -2.47. The van der Waals surface area contributed by atoms with Crippen LogP contribution in [0.5, 0.6) is 5.75 Å². The molecule has 1 amide bonds. The van der Waals surface area contributed by atoms with Gasteiger partial charge < -0.3 is 19.2 Å². The molecule has 0 radical (unpaired) electrons. The van der Waals surface area contributed by atoms with E-state index in [1.54, 1.807) is 0 Å². The van der Waals surface area contributed by atoms with Crippen LogP contribution in [0.4, 0.5) is 0 Å². The second kappa shape index (κ2) is 9.97. The number of carbonyl (C=O) groups is 1. The van der Waals surface area contributed by atoms with E-state index in [2.05, 4.69) is 32.0 Å². The number of fused-ring (bicyclic) bond motifs is 2. The van der Waals surface area contributed by atoms with Crippen molar-refractivity contribution < 1.29 is 19.1 Å². The van der Waals surface area contributed by atoms with E-state index in [-0.39, 0.29) is 18.2 Å². The van der Waals surface area contributed by atoms with Gasteiger partial charge in [0.2, 0.25) is 5.91 Å². The van der Waals surface area contributed by atoms with E-state index in [0.29, 0.717) is 43.0 Å². The fraction of sp³-hybridized carbons (Fsp3) is 0.484. The molecule has 2 aliphatic rings. The zero-order chi connectivity index (χ0) is 26.3. The molecule has 1 aromatic heterocycles. The van der Waals surface area contributed by atoms with Crippen LogP contribution in [0, 0.1) is 33.6 Å². The van der Waals surface area contributed by atoms with Crippen molar-refractivity contribution >= 4 is 16.9 Å². The summed E-state index contributed by atoms with van der Waals surface area (Å²) >= 11 is 0. The minimum atomic E-state index is -0.637. The number of piperidine rings is 1. The summed E-state index contributed by atoms with van der Waals surface area (Å²) in [5, 5.41) is 11.8. The van der Waals surface area contributed by atoms with Crippen molar-refractivity contribution in [2.75, 3.05) is 13.1 Å². The average Bonchev–Trinajstić information content (AvgIpc) is 2.85. The van der Waals surface area contributed by atoms with Gasteiger partial charge in [0.15, 0.2) is 0 Å². The largest absolute Gasteiger partial charge is 0.488 e. The van der Waals surface area contributed by atoms with Crippen LogP contribution in [0.25, 0.3) is 11.0 Å². The first-order chi connectivity index (χ1) is 17.6. The van der Waals surface area contributed by atoms with E-state index in [9.17, 15) is 14.7 Å². The van der Waals surface area contributed by atoms with E-state index >= 15 is 0 Å². The number of aliphatic hydroxyl groups is 1. The minimum Gasteiger partial charge on any atom is -0.488 e. The number of hydrogen-bond donors (Lipinski definition) is 1. The van der Waals surface area contributed by atoms with Crippen LogP contribution >= 0.6 is 0 Å². The van der Waals surface area contributed by atoms with Crippen molar-refractivity contribution in [3.8, 4) is 5.75 Å². The molecule has 1 N–H and O–H groups in total. The van der Waals surface area contributed by atoms with Gasteiger partial charge >= 0.3 is 5.63 Å². The Hall–Kier alpha value is -3.12. The number of nitrogens with zero attached hydrogens (tertiary/aromatic N) is 1. The third-order valence-electron chi connectivity index (χ3n) is 8.44. The van der Waals surface area contributed by atoms with E-state index in [1.165, 1.54) is 11.1 Å². The Bertz CT molecular complexity index is 1390. The number of aryl methyl sites for hydroxylation is 4. The zero-order valence-corrected chi connectivity index (χ0v) is 22.4. The molecule has 37 heavy (non-hydrogen) atoms. The topological polar surface area (TPSA) is 80.0 Å². The maximum Gasteiger partial charge on any atom is 0.340 e. The Morgan fingerprint density at radius 3 is 2.59 bits per heavy atom. The second-order valence-corrected chi connectivity index (χ2v) is 11.2. The molecule has 6 heteroatoms. The van der Waals surface area contributed by atoms with Gasteiger partial charge in [-0.3, -0.25) is 4.79 Å². The Morgan fingerprint density at radius 1 is 1.08 bits per heavy atom. The number of amides is 1. The van der Waals surface area contributed by atoms with Crippen molar-refractivity contribution in [1.82, 2.24) is 4.90 Å². The van der Waals surface area contributed by atoms with Gasteiger partial charge in [0.25, 0.3) is 0 Å². The summed E-state index contributed by atoms with van der Waals surface area (Å²) in [6.45, 7) is 9.43. The number of ether oxygens (including phenoxy) is 1. The highest BCUT2D eigenvalue weighted by atomic mass is 16.5. The van der Waals surface area contributed by atoms with E-state index in [1.807, 2.05) is 30.9 Å². The summed E-state index contributed by atoms with van der Waals surface area (Å²) in [6, 6.07) is 10.2. The molecule has 2 atom stereocenters. The summed E-state index contributed by atoms with van der Waals surface area (Å²) in [7, 11) is 0. The number of carbonyl (C=O) groups excluding carboxylic acids is 1. The van der Waals surface area contributed by atoms with Crippen molar-refractivity contribution in [1.29, 1.82) is 0 Å². The number of hydrogen-bond acceptors (Lipinski definition) is 5. The van der Waals surface area contributed by atoms with Crippen molar-refractivity contribution in [3.05, 3.63) is 74.1 Å². The summed E-state index contributed by atoms with van der Waals surface area (Å²) in [4.78, 5) is 28.1. The van der Waals surface area contributed by atoms with Gasteiger partial charge in [0.05, 0.1) is 17.6 Å². The Balaban J connectivity index is 1.35. The lowest BCUT2D eigenvalue weighted by Crippen LogP contribution is -2.55. The van der Waals surface area contributed by atoms with Crippen molar-refractivity contribution in [2.24, 2.45) is 5.92 Å². The van der Waals surface area contributed by atoms with Gasteiger partial charge in [-0.2, -0.15) is 0 Å². The smallest absolute Gasteiger partial charge is 0.340 e. The van der Waals surface area contributed by atoms with Crippen LogP contribution < -0.4 is 10.4 Å². The highest BCUT2D eigenvalue weighted by Gasteiger charge is 2.43. The standard InChI is InChI=1S/C31H37NO5/c1-19-13-20(2)15-23(14-19)18-36-27-9-8-25-21(3)26(30(34)37-29(25)22(27)4)16-28(33)32-12-11-31(35)10-6-5-7-24(31)17-32/h8-9,13-15,24,35H,5-7,10-12,16-18H2,1-4H3/t24-,31-/m1/s1. The summed E-state index contributed by atoms with van der Waals surface area (Å²) in [5.74, 6) is 0.719. The lowest BCUT2D eigenvalue weighted by molar-refractivity contribution is -0.142. The van der Waals surface area contributed by atoms with Crippen molar-refractivity contribution in [3.63, 3.8) is 0 Å². The molecule has 1 aliphatic carbocycles. The van der Waals surface area contributed by atoms with E-state index in [4.69, 9.17) is 9.15 Å². The van der Waals surface area contributed by atoms with Gasteiger partial charge in [-0.1, -0.05) is 42.2 Å². The normalized spacial score (nSPS) is 21.6. The molecule has 5 rings (SSSR count). The Morgan fingerprint density at radius 2 is 1.84 bits per heavy atom. The van der Waals surface area contributed by atoms with Crippen LogP contribution in [0.3, 0.4) is 0 Å². The molecule has 0 spiro atoms. The van der Waals surface area contributed by atoms with Gasteiger partial charge in [0, 0.05) is 30.0 Å². The average molecular weight is 504 g/mol. The maximum absolute atomic E-state index is 13.2. The predicted molar refractivity (Wildman–Crippen MR) is 144 cm³/mol. The molecule has 0 unspecified atom stereocenters. The summed E-state index contributed by atoms with van der Waals surface area (Å²) < 4.78 is 11.9. The molecule has 1 aliphatic heterocycles. The Labute approximate surface area is 218 Å². The van der Waals surface area contributed by atoms with Crippen LogP contribution in [0.2, 0.25) is 0 Å². The molecule has 0 bridgehead atoms. The number of likely N-dealkylation sites (tertiary alicyclic amines) is 1. The molecule has 2 heterocycles. The Kier molecular flexibility index (Phi) is 6.88. The quantitative estimate of drug-likeness (QED) is 0.478. The van der Waals surface area contributed by atoms with Crippen LogP contribution in [-0.4, -0.2) is 34.6 Å².